The van der Waals surface area contributed by atoms with Gasteiger partial charge in [0, 0.05) is 19.1 Å². The SMILES string of the molecule is CC(C)NC1CCCN(CC2CCS(=O)(=O)C2)C1=O. The van der Waals surface area contributed by atoms with Gasteiger partial charge in [0.2, 0.25) is 5.91 Å². The summed E-state index contributed by atoms with van der Waals surface area (Å²) < 4.78 is 22.9. The van der Waals surface area contributed by atoms with Gasteiger partial charge >= 0.3 is 0 Å². The van der Waals surface area contributed by atoms with Crippen molar-refractivity contribution in [3.05, 3.63) is 0 Å². The average molecular weight is 288 g/mol. The van der Waals surface area contributed by atoms with E-state index in [9.17, 15) is 13.2 Å². The third kappa shape index (κ3) is 3.92. The lowest BCUT2D eigenvalue weighted by Gasteiger charge is -2.35. The van der Waals surface area contributed by atoms with Crippen LogP contribution in [0.3, 0.4) is 0 Å². The van der Waals surface area contributed by atoms with Crippen molar-refractivity contribution in [2.45, 2.75) is 45.2 Å². The maximum absolute atomic E-state index is 12.3. The van der Waals surface area contributed by atoms with Crippen LogP contribution in [0, 0.1) is 5.92 Å². The summed E-state index contributed by atoms with van der Waals surface area (Å²) in [6.07, 6.45) is 2.58. The first-order valence-corrected chi connectivity index (χ1v) is 8.95. The standard InChI is InChI=1S/C13H24N2O3S/c1-10(2)14-12-4-3-6-15(13(12)16)8-11-5-7-19(17,18)9-11/h10-12,14H,3-9H2,1-2H3. The molecule has 19 heavy (non-hydrogen) atoms. The van der Waals surface area contributed by atoms with Gasteiger partial charge in [-0.05, 0) is 25.2 Å². The Labute approximate surface area is 115 Å². The lowest BCUT2D eigenvalue weighted by molar-refractivity contribution is -0.136. The number of carbonyl (C=O) groups excluding carboxylic acids is 1. The van der Waals surface area contributed by atoms with Crippen LogP contribution in [0.2, 0.25) is 0 Å². The third-order valence-corrected chi connectivity index (χ3v) is 5.71. The summed E-state index contributed by atoms with van der Waals surface area (Å²) in [6, 6.07) is 0.201. The Morgan fingerprint density at radius 3 is 2.68 bits per heavy atom. The number of hydrogen-bond acceptors (Lipinski definition) is 4. The Morgan fingerprint density at radius 1 is 1.37 bits per heavy atom. The summed E-state index contributed by atoms with van der Waals surface area (Å²) in [5, 5.41) is 3.29. The minimum Gasteiger partial charge on any atom is -0.341 e. The summed E-state index contributed by atoms with van der Waals surface area (Å²) in [5.74, 6) is 0.808. The molecule has 6 heteroatoms. The van der Waals surface area contributed by atoms with Crippen molar-refractivity contribution < 1.29 is 13.2 Å². The monoisotopic (exact) mass is 288 g/mol. The van der Waals surface area contributed by atoms with Crippen LogP contribution in [-0.4, -0.2) is 55.9 Å². The molecule has 0 bridgehead atoms. The third-order valence-electron chi connectivity index (χ3n) is 3.87. The van der Waals surface area contributed by atoms with Crippen LogP contribution in [0.25, 0.3) is 0 Å². The lowest BCUT2D eigenvalue weighted by atomic mass is 10.0. The van der Waals surface area contributed by atoms with Crippen molar-refractivity contribution in [3.63, 3.8) is 0 Å². The lowest BCUT2D eigenvalue weighted by Crippen LogP contribution is -2.53. The molecule has 2 unspecified atom stereocenters. The molecule has 110 valence electrons. The number of sulfone groups is 1. The second-order valence-electron chi connectivity index (χ2n) is 6.07. The van der Waals surface area contributed by atoms with E-state index in [4.69, 9.17) is 0 Å². The van der Waals surface area contributed by atoms with Gasteiger partial charge < -0.3 is 10.2 Å². The van der Waals surface area contributed by atoms with Crippen molar-refractivity contribution in [3.8, 4) is 0 Å². The number of hydrogen-bond donors (Lipinski definition) is 1. The van der Waals surface area contributed by atoms with Crippen molar-refractivity contribution in [1.29, 1.82) is 0 Å². The van der Waals surface area contributed by atoms with Gasteiger partial charge in [0.05, 0.1) is 17.5 Å². The number of nitrogens with zero attached hydrogens (tertiary/aromatic N) is 1. The molecule has 0 aromatic rings. The largest absolute Gasteiger partial charge is 0.341 e. The smallest absolute Gasteiger partial charge is 0.239 e. The fraction of sp³-hybridized carbons (Fsp3) is 0.923. The normalized spacial score (nSPS) is 31.1. The van der Waals surface area contributed by atoms with E-state index < -0.39 is 9.84 Å². The Morgan fingerprint density at radius 2 is 2.11 bits per heavy atom. The minimum absolute atomic E-state index is 0.0910. The van der Waals surface area contributed by atoms with E-state index in [1.807, 2.05) is 18.7 Å². The zero-order valence-electron chi connectivity index (χ0n) is 11.8. The summed E-state index contributed by atoms with van der Waals surface area (Å²) >= 11 is 0. The van der Waals surface area contributed by atoms with Crippen LogP contribution in [0.4, 0.5) is 0 Å². The highest BCUT2D eigenvalue weighted by Crippen LogP contribution is 2.22. The van der Waals surface area contributed by atoms with Crippen LogP contribution in [-0.2, 0) is 14.6 Å². The predicted molar refractivity (Wildman–Crippen MR) is 74.6 cm³/mol. The topological polar surface area (TPSA) is 66.5 Å². The molecule has 2 rings (SSSR count). The Kier molecular flexibility index (Phi) is 4.50. The molecule has 2 aliphatic heterocycles. The fourth-order valence-corrected chi connectivity index (χ4v) is 4.86. The molecule has 2 aliphatic rings. The molecule has 2 saturated heterocycles. The molecular weight excluding hydrogens is 264 g/mol. The van der Waals surface area contributed by atoms with Gasteiger partial charge in [0.1, 0.15) is 0 Å². The van der Waals surface area contributed by atoms with Gasteiger partial charge in [-0.15, -0.1) is 0 Å². The average Bonchev–Trinajstić information content (AvgIpc) is 2.63. The van der Waals surface area contributed by atoms with Crippen LogP contribution >= 0.6 is 0 Å². The van der Waals surface area contributed by atoms with Gasteiger partial charge in [0.25, 0.3) is 0 Å². The van der Waals surface area contributed by atoms with Crippen molar-refractivity contribution in [2.75, 3.05) is 24.6 Å². The number of nitrogens with one attached hydrogen (secondary N) is 1. The molecule has 0 radical (unpaired) electrons. The summed E-state index contributed by atoms with van der Waals surface area (Å²) in [6.45, 7) is 5.45. The molecule has 5 nitrogen and oxygen atoms in total. The number of piperidine rings is 1. The molecule has 2 atom stereocenters. The van der Waals surface area contributed by atoms with Crippen LogP contribution < -0.4 is 5.32 Å². The van der Waals surface area contributed by atoms with Crippen molar-refractivity contribution in [2.24, 2.45) is 5.92 Å². The molecule has 1 amide bonds. The molecule has 2 heterocycles. The maximum atomic E-state index is 12.3. The van der Waals surface area contributed by atoms with Crippen LogP contribution in [0.1, 0.15) is 33.1 Å². The Hall–Kier alpha value is -0.620. The molecule has 1 N–H and O–H groups in total. The summed E-state index contributed by atoms with van der Waals surface area (Å²) in [7, 11) is -2.85. The van der Waals surface area contributed by atoms with Gasteiger partial charge in [0.15, 0.2) is 9.84 Å². The first kappa shape index (κ1) is 14.8. The fourth-order valence-electron chi connectivity index (χ4n) is 3.01. The zero-order chi connectivity index (χ0) is 14.0. The molecule has 0 aromatic heterocycles. The quantitative estimate of drug-likeness (QED) is 0.814. The van der Waals surface area contributed by atoms with Crippen LogP contribution in [0.5, 0.6) is 0 Å². The first-order valence-electron chi connectivity index (χ1n) is 7.12. The zero-order valence-corrected chi connectivity index (χ0v) is 12.6. The molecule has 2 fully saturated rings. The Bertz CT molecular complexity index is 433. The minimum atomic E-state index is -2.85. The highest BCUT2D eigenvalue weighted by molar-refractivity contribution is 7.91. The molecule has 0 aromatic carbocycles. The number of carbonyl (C=O) groups is 1. The number of amides is 1. The Balaban J connectivity index is 1.91. The summed E-state index contributed by atoms with van der Waals surface area (Å²) in [5.41, 5.74) is 0. The second kappa shape index (κ2) is 5.79. The highest BCUT2D eigenvalue weighted by atomic mass is 32.2. The van der Waals surface area contributed by atoms with Crippen molar-refractivity contribution in [1.82, 2.24) is 10.2 Å². The molecule has 0 spiro atoms. The highest BCUT2D eigenvalue weighted by Gasteiger charge is 2.34. The first-order chi connectivity index (χ1) is 8.87. The van der Waals surface area contributed by atoms with Gasteiger partial charge in [-0.3, -0.25) is 4.79 Å². The van der Waals surface area contributed by atoms with Gasteiger partial charge in [-0.1, -0.05) is 13.8 Å². The van der Waals surface area contributed by atoms with Gasteiger partial charge in [-0.2, -0.15) is 0 Å². The number of rotatable bonds is 4. The van der Waals surface area contributed by atoms with E-state index in [0.29, 0.717) is 19.0 Å². The van der Waals surface area contributed by atoms with E-state index in [2.05, 4.69) is 5.32 Å². The van der Waals surface area contributed by atoms with Crippen LogP contribution in [0.15, 0.2) is 0 Å². The number of likely N-dealkylation sites (tertiary alicyclic amines) is 1. The van der Waals surface area contributed by atoms with Crippen molar-refractivity contribution >= 4 is 15.7 Å². The molecular formula is C13H24N2O3S. The van der Waals surface area contributed by atoms with E-state index in [-0.39, 0.29) is 29.4 Å². The van der Waals surface area contributed by atoms with E-state index in [0.717, 1.165) is 19.4 Å². The second-order valence-corrected chi connectivity index (χ2v) is 8.30. The van der Waals surface area contributed by atoms with E-state index in [1.54, 1.807) is 0 Å². The summed E-state index contributed by atoms with van der Waals surface area (Å²) in [4.78, 5) is 14.2. The molecule has 0 saturated carbocycles. The maximum Gasteiger partial charge on any atom is 0.239 e. The van der Waals surface area contributed by atoms with Gasteiger partial charge in [-0.25, -0.2) is 8.42 Å². The predicted octanol–water partition coefficient (Wildman–Crippen LogP) is 0.410. The van der Waals surface area contributed by atoms with E-state index >= 15 is 0 Å². The molecule has 0 aliphatic carbocycles. The van der Waals surface area contributed by atoms with E-state index in [1.165, 1.54) is 0 Å².